The molecule has 1 saturated carbocycles. The Morgan fingerprint density at radius 2 is 2.16 bits per heavy atom. The number of likely N-dealkylation sites (N-methyl/N-ethyl adjacent to an activating group) is 1. The smallest absolute Gasteiger partial charge is 0.252 e. The van der Waals surface area contributed by atoms with Crippen molar-refractivity contribution in [2.24, 2.45) is 0 Å². The van der Waals surface area contributed by atoms with E-state index in [1.54, 1.807) is 12.3 Å². The summed E-state index contributed by atoms with van der Waals surface area (Å²) in [6.07, 6.45) is 4.53. The third-order valence-corrected chi connectivity index (χ3v) is 6.80. The van der Waals surface area contributed by atoms with E-state index < -0.39 is 5.54 Å². The number of aromatic nitrogens is 1. The molecule has 1 N–H and O–H groups in total. The molecule has 162 valence electrons. The first-order valence-corrected chi connectivity index (χ1v) is 11.0. The van der Waals surface area contributed by atoms with E-state index in [1.165, 1.54) is 0 Å². The summed E-state index contributed by atoms with van der Waals surface area (Å²) in [5.41, 5.74) is 3.35. The number of pyridine rings is 1. The number of nitriles is 1. The highest BCUT2D eigenvalue weighted by molar-refractivity contribution is 5.97. The molecule has 5 rings (SSSR count). The molecule has 0 spiro atoms. The highest BCUT2D eigenvalue weighted by Crippen LogP contribution is 2.48. The fourth-order valence-electron chi connectivity index (χ4n) is 4.42. The first-order valence-electron chi connectivity index (χ1n) is 11.0. The third-order valence-electron chi connectivity index (χ3n) is 6.80. The molecular weight excluding hydrogens is 400 g/mol. The van der Waals surface area contributed by atoms with Gasteiger partial charge in [0.1, 0.15) is 12.4 Å². The Labute approximate surface area is 187 Å². The number of hydrogen-bond donors (Lipinski definition) is 1. The van der Waals surface area contributed by atoms with Gasteiger partial charge < -0.3 is 10.1 Å². The maximum absolute atomic E-state index is 13.3. The van der Waals surface area contributed by atoms with Gasteiger partial charge in [-0.1, -0.05) is 12.1 Å². The van der Waals surface area contributed by atoms with Gasteiger partial charge in [0.15, 0.2) is 0 Å². The summed E-state index contributed by atoms with van der Waals surface area (Å²) < 4.78 is 5.98. The van der Waals surface area contributed by atoms with Crippen molar-refractivity contribution in [1.29, 1.82) is 5.26 Å². The fourth-order valence-corrected chi connectivity index (χ4v) is 4.42. The van der Waals surface area contributed by atoms with Crippen molar-refractivity contribution in [2.45, 2.75) is 37.8 Å². The van der Waals surface area contributed by atoms with E-state index in [0.717, 1.165) is 47.8 Å². The quantitative estimate of drug-likeness (QED) is 0.646. The van der Waals surface area contributed by atoms with Crippen LogP contribution in [0.5, 0.6) is 5.75 Å². The number of carbonyl (C=O) groups excluding carboxylic acids is 1. The molecule has 1 aliphatic carbocycles. The van der Waals surface area contributed by atoms with Gasteiger partial charge in [-0.25, -0.2) is 0 Å². The maximum atomic E-state index is 13.3. The first-order chi connectivity index (χ1) is 15.5. The van der Waals surface area contributed by atoms with Crippen molar-refractivity contribution in [3.63, 3.8) is 0 Å². The van der Waals surface area contributed by atoms with Crippen LogP contribution in [0.25, 0.3) is 10.9 Å². The van der Waals surface area contributed by atoms with Gasteiger partial charge in [-0.15, -0.1) is 0 Å². The van der Waals surface area contributed by atoms with E-state index in [1.807, 2.05) is 43.3 Å². The molecule has 32 heavy (non-hydrogen) atoms. The van der Waals surface area contributed by atoms with Crippen LogP contribution in [0.2, 0.25) is 0 Å². The lowest BCUT2D eigenvalue weighted by molar-refractivity contribution is 0.0767. The van der Waals surface area contributed by atoms with Crippen LogP contribution in [0.1, 0.15) is 46.3 Å². The molecule has 2 aliphatic rings. The van der Waals surface area contributed by atoms with Gasteiger partial charge in [0.25, 0.3) is 5.91 Å². The second-order valence-electron chi connectivity index (χ2n) is 8.95. The SMILES string of the molecule is Cc1ccc(OCC2CCN2C)cc1C(=O)NC1(c2cc(C#N)cc3ncccc23)CC1. The Kier molecular flexibility index (Phi) is 5.07. The molecule has 6 nitrogen and oxygen atoms in total. The van der Waals surface area contributed by atoms with Crippen LogP contribution >= 0.6 is 0 Å². The van der Waals surface area contributed by atoms with Crippen molar-refractivity contribution in [3.05, 3.63) is 70.9 Å². The average Bonchev–Trinajstić information content (AvgIpc) is 3.58. The molecular formula is C26H26N4O2. The lowest BCUT2D eigenvalue weighted by atomic mass is 9.96. The van der Waals surface area contributed by atoms with Crippen LogP contribution < -0.4 is 10.1 Å². The number of hydrogen-bond acceptors (Lipinski definition) is 5. The van der Waals surface area contributed by atoms with Gasteiger partial charge in [0, 0.05) is 23.2 Å². The largest absolute Gasteiger partial charge is 0.492 e. The minimum atomic E-state index is -0.469. The van der Waals surface area contributed by atoms with Crippen molar-refractivity contribution in [1.82, 2.24) is 15.2 Å². The van der Waals surface area contributed by atoms with E-state index in [2.05, 4.69) is 28.3 Å². The Bertz CT molecular complexity index is 1240. The van der Waals surface area contributed by atoms with E-state index in [9.17, 15) is 10.1 Å². The number of rotatable bonds is 6. The summed E-state index contributed by atoms with van der Waals surface area (Å²) in [4.78, 5) is 20.0. The number of nitrogens with zero attached hydrogens (tertiary/aromatic N) is 3. The summed E-state index contributed by atoms with van der Waals surface area (Å²) in [6.45, 7) is 3.67. The molecule has 1 aliphatic heterocycles. The molecule has 1 unspecified atom stereocenters. The van der Waals surface area contributed by atoms with Crippen molar-refractivity contribution in [3.8, 4) is 11.8 Å². The molecule has 1 atom stereocenters. The second kappa shape index (κ2) is 7.92. The zero-order valence-electron chi connectivity index (χ0n) is 18.4. The van der Waals surface area contributed by atoms with Crippen LogP contribution in [0, 0.1) is 18.3 Å². The highest BCUT2D eigenvalue weighted by atomic mass is 16.5. The molecule has 3 aromatic rings. The molecule has 0 radical (unpaired) electrons. The molecule has 2 fully saturated rings. The predicted molar refractivity (Wildman–Crippen MR) is 123 cm³/mol. The number of fused-ring (bicyclic) bond motifs is 1. The molecule has 1 amide bonds. The standard InChI is InChI=1S/C26H26N4O2/c1-17-5-6-20(32-16-19-7-11-30(19)2)14-22(17)25(31)29-26(8-9-26)23-12-18(15-27)13-24-21(23)4-3-10-28-24/h3-6,10,12-14,19H,7-9,11,16H2,1-2H3,(H,29,31). The minimum Gasteiger partial charge on any atom is -0.492 e. The van der Waals surface area contributed by atoms with Gasteiger partial charge in [-0.05, 0) is 81.2 Å². The average molecular weight is 427 g/mol. The van der Waals surface area contributed by atoms with Crippen LogP contribution in [0.3, 0.4) is 0 Å². The molecule has 1 aromatic heterocycles. The van der Waals surface area contributed by atoms with Gasteiger partial charge in [-0.2, -0.15) is 5.26 Å². The van der Waals surface area contributed by atoms with Crippen LogP contribution in [0.15, 0.2) is 48.7 Å². The van der Waals surface area contributed by atoms with Crippen molar-refractivity contribution >= 4 is 16.8 Å². The lowest BCUT2D eigenvalue weighted by Gasteiger charge is -2.37. The Morgan fingerprint density at radius 3 is 2.84 bits per heavy atom. The minimum absolute atomic E-state index is 0.120. The van der Waals surface area contributed by atoms with Gasteiger partial charge in [0.05, 0.1) is 22.7 Å². The second-order valence-corrected chi connectivity index (χ2v) is 8.95. The van der Waals surface area contributed by atoms with Gasteiger partial charge >= 0.3 is 0 Å². The molecule has 2 aromatic carbocycles. The van der Waals surface area contributed by atoms with Crippen LogP contribution in [0.4, 0.5) is 0 Å². The number of benzene rings is 2. The number of amides is 1. The zero-order valence-corrected chi connectivity index (χ0v) is 18.4. The number of nitrogens with one attached hydrogen (secondary N) is 1. The molecule has 6 heteroatoms. The van der Waals surface area contributed by atoms with Crippen molar-refractivity contribution in [2.75, 3.05) is 20.2 Å². The third kappa shape index (κ3) is 3.69. The zero-order chi connectivity index (χ0) is 22.3. The van der Waals surface area contributed by atoms with Gasteiger partial charge in [-0.3, -0.25) is 14.7 Å². The summed E-state index contributed by atoms with van der Waals surface area (Å²) in [6, 6.07) is 15.9. The first kappa shape index (κ1) is 20.5. The monoisotopic (exact) mass is 426 g/mol. The van der Waals surface area contributed by atoms with Gasteiger partial charge in [0.2, 0.25) is 0 Å². The Balaban J connectivity index is 1.40. The molecule has 1 saturated heterocycles. The maximum Gasteiger partial charge on any atom is 0.252 e. The van der Waals surface area contributed by atoms with E-state index >= 15 is 0 Å². The lowest BCUT2D eigenvalue weighted by Crippen LogP contribution is -2.48. The van der Waals surface area contributed by atoms with E-state index in [0.29, 0.717) is 29.5 Å². The normalized spacial score (nSPS) is 19.1. The Morgan fingerprint density at radius 1 is 1.31 bits per heavy atom. The topological polar surface area (TPSA) is 78.2 Å². The summed E-state index contributed by atoms with van der Waals surface area (Å²) in [7, 11) is 2.10. The number of ether oxygens (including phenoxy) is 1. The predicted octanol–water partition coefficient (Wildman–Crippen LogP) is 3.92. The summed E-state index contributed by atoms with van der Waals surface area (Å²) in [5.74, 6) is 0.595. The fraction of sp³-hybridized carbons (Fsp3) is 0.346. The number of likely N-dealkylation sites (tertiary alicyclic amines) is 1. The molecule has 0 bridgehead atoms. The Hall–Kier alpha value is -3.43. The van der Waals surface area contributed by atoms with Crippen LogP contribution in [-0.2, 0) is 5.54 Å². The van der Waals surface area contributed by atoms with E-state index in [-0.39, 0.29) is 5.91 Å². The highest BCUT2D eigenvalue weighted by Gasteiger charge is 2.47. The summed E-state index contributed by atoms with van der Waals surface area (Å²) in [5, 5.41) is 13.7. The summed E-state index contributed by atoms with van der Waals surface area (Å²) >= 11 is 0. The number of carbonyl (C=O) groups is 1. The van der Waals surface area contributed by atoms with E-state index in [4.69, 9.17) is 4.74 Å². The number of aryl methyl sites for hydroxylation is 1. The molecule has 2 heterocycles. The van der Waals surface area contributed by atoms with Crippen LogP contribution in [-0.4, -0.2) is 42.0 Å². The van der Waals surface area contributed by atoms with Crippen molar-refractivity contribution < 1.29 is 9.53 Å².